The van der Waals surface area contributed by atoms with E-state index in [-0.39, 0.29) is 23.5 Å². The third-order valence-electron chi connectivity index (χ3n) is 6.52. The molecule has 4 aromatic rings. The minimum absolute atomic E-state index is 0.0214. The van der Waals surface area contributed by atoms with Gasteiger partial charge < -0.3 is 15.0 Å². The molecule has 0 saturated heterocycles. The van der Waals surface area contributed by atoms with E-state index in [0.717, 1.165) is 15.9 Å². The average Bonchev–Trinajstić information content (AvgIpc) is 3.41. The number of ether oxygens (including phenoxy) is 1. The van der Waals surface area contributed by atoms with Crippen molar-refractivity contribution in [2.45, 2.75) is 37.1 Å². The van der Waals surface area contributed by atoms with Gasteiger partial charge in [0.1, 0.15) is 12.4 Å². The summed E-state index contributed by atoms with van der Waals surface area (Å²) >= 11 is 0. The fourth-order valence-corrected chi connectivity index (χ4v) is 6.04. The fourth-order valence-electron chi connectivity index (χ4n) is 4.03. The second kappa shape index (κ2) is 14.0. The van der Waals surface area contributed by atoms with E-state index in [2.05, 4.69) is 40.0 Å². The lowest BCUT2D eigenvalue weighted by atomic mass is 10.1. The molecule has 2 aromatic heterocycles. The highest BCUT2D eigenvalue weighted by Gasteiger charge is 2.28. The van der Waals surface area contributed by atoms with E-state index in [1.807, 2.05) is 49.3 Å². The van der Waals surface area contributed by atoms with Crippen LogP contribution < -0.4 is 9.62 Å². The van der Waals surface area contributed by atoms with Gasteiger partial charge in [0, 0.05) is 44.9 Å². The molecular formula is C30H39N7O4SSi. The predicted molar refractivity (Wildman–Crippen MR) is 171 cm³/mol. The number of carbonyl (C=O) groups is 1. The second-order valence-corrected chi connectivity index (χ2v) is 19.0. The molecule has 43 heavy (non-hydrogen) atoms. The van der Waals surface area contributed by atoms with E-state index in [1.54, 1.807) is 28.9 Å². The molecule has 1 N–H and O–H groups in total. The Morgan fingerprint density at radius 1 is 0.977 bits per heavy atom. The molecule has 13 heteroatoms. The Balaban J connectivity index is 1.53. The third-order valence-corrected chi connectivity index (χ3v) is 9.94. The summed E-state index contributed by atoms with van der Waals surface area (Å²) in [5.74, 6) is -0.327. The fraction of sp³-hybridized carbons (Fsp3) is 0.333. The topological polar surface area (TPSA) is 123 Å². The highest BCUT2D eigenvalue weighted by molar-refractivity contribution is 7.92. The maximum Gasteiger partial charge on any atom is 0.273 e. The molecular weight excluding hydrogens is 583 g/mol. The van der Waals surface area contributed by atoms with Crippen LogP contribution >= 0.6 is 0 Å². The number of amides is 1. The van der Waals surface area contributed by atoms with E-state index in [1.165, 1.54) is 24.5 Å². The number of rotatable bonds is 14. The molecule has 228 valence electrons. The van der Waals surface area contributed by atoms with Crippen LogP contribution in [0.25, 0.3) is 11.3 Å². The van der Waals surface area contributed by atoms with Crippen molar-refractivity contribution < 1.29 is 17.9 Å². The third kappa shape index (κ3) is 8.80. The maximum atomic E-state index is 13.7. The average molecular weight is 622 g/mol. The van der Waals surface area contributed by atoms with E-state index >= 15 is 0 Å². The van der Waals surface area contributed by atoms with Gasteiger partial charge in [-0.1, -0.05) is 50.0 Å². The van der Waals surface area contributed by atoms with Crippen LogP contribution in [-0.2, 0) is 21.3 Å². The first kappa shape index (κ1) is 32.0. The van der Waals surface area contributed by atoms with E-state index in [0.29, 0.717) is 36.8 Å². The Morgan fingerprint density at radius 2 is 1.65 bits per heavy atom. The van der Waals surface area contributed by atoms with Gasteiger partial charge in [0.05, 0.1) is 17.1 Å². The van der Waals surface area contributed by atoms with Gasteiger partial charge in [-0.3, -0.25) is 9.48 Å². The van der Waals surface area contributed by atoms with Crippen molar-refractivity contribution in [2.24, 2.45) is 0 Å². The van der Waals surface area contributed by atoms with Gasteiger partial charge in [0.15, 0.2) is 0 Å². The number of benzene rings is 2. The standard InChI is InChI=1S/C30H39N7O4SSi/c1-35(2)18-19-36-28(22-27(34-36)24-10-7-6-8-11-24)29(38)33-25-12-14-26(15-13-25)42(39,40)37(30-31-16-9-17-32-30)23-41-20-21-43(3,4)5/h6-17,22H,18-21,23H2,1-5H3,(H,33,38). The zero-order chi connectivity index (χ0) is 31.0. The Hall–Kier alpha value is -3.91. The molecule has 0 aliphatic carbocycles. The summed E-state index contributed by atoms with van der Waals surface area (Å²) in [5.41, 5.74) is 2.45. The van der Waals surface area contributed by atoms with Gasteiger partial charge in [-0.2, -0.15) is 5.10 Å². The second-order valence-electron chi connectivity index (χ2n) is 11.5. The number of hydrogen-bond acceptors (Lipinski definition) is 8. The lowest BCUT2D eigenvalue weighted by Gasteiger charge is -2.23. The lowest BCUT2D eigenvalue weighted by molar-refractivity contribution is 0.101. The molecule has 0 spiro atoms. The van der Waals surface area contributed by atoms with Crippen LogP contribution in [0, 0.1) is 0 Å². The molecule has 0 unspecified atom stereocenters. The molecule has 0 aliphatic heterocycles. The molecule has 2 heterocycles. The van der Waals surface area contributed by atoms with Crippen LogP contribution in [0.1, 0.15) is 10.5 Å². The molecule has 0 saturated carbocycles. The minimum Gasteiger partial charge on any atom is -0.360 e. The van der Waals surface area contributed by atoms with Gasteiger partial charge in [0.25, 0.3) is 15.9 Å². The summed E-state index contributed by atoms with van der Waals surface area (Å²) in [6.45, 7) is 8.14. The first-order valence-electron chi connectivity index (χ1n) is 14.0. The summed E-state index contributed by atoms with van der Waals surface area (Å²) in [6, 6.07) is 19.9. The highest BCUT2D eigenvalue weighted by atomic mass is 32.2. The summed E-state index contributed by atoms with van der Waals surface area (Å²) in [6.07, 6.45) is 2.97. The monoisotopic (exact) mass is 621 g/mol. The van der Waals surface area contributed by atoms with Gasteiger partial charge in [-0.15, -0.1) is 0 Å². The van der Waals surface area contributed by atoms with Crippen LogP contribution in [0.5, 0.6) is 0 Å². The number of nitrogens with zero attached hydrogens (tertiary/aromatic N) is 6. The molecule has 2 aromatic carbocycles. The van der Waals surface area contributed by atoms with Crippen molar-refractivity contribution in [3.8, 4) is 11.3 Å². The van der Waals surface area contributed by atoms with E-state index in [4.69, 9.17) is 4.74 Å². The normalized spacial score (nSPS) is 12.0. The minimum atomic E-state index is -4.05. The first-order valence-corrected chi connectivity index (χ1v) is 19.2. The predicted octanol–water partition coefficient (Wildman–Crippen LogP) is 4.66. The number of nitrogens with one attached hydrogen (secondary N) is 1. The van der Waals surface area contributed by atoms with E-state index < -0.39 is 18.1 Å². The van der Waals surface area contributed by atoms with Crippen molar-refractivity contribution in [1.82, 2.24) is 24.6 Å². The first-order chi connectivity index (χ1) is 20.4. The number of anilines is 2. The lowest BCUT2D eigenvalue weighted by Crippen LogP contribution is -2.35. The van der Waals surface area contributed by atoms with Gasteiger partial charge in [-0.05, 0) is 56.5 Å². The SMILES string of the molecule is CN(C)CCn1nc(-c2ccccc2)cc1C(=O)Nc1ccc(S(=O)(=O)N(COCC[Si](C)(C)C)c2ncccn2)cc1. The maximum absolute atomic E-state index is 13.7. The molecule has 0 fully saturated rings. The van der Waals surface area contributed by atoms with Gasteiger partial charge >= 0.3 is 0 Å². The quantitative estimate of drug-likeness (QED) is 0.123. The van der Waals surface area contributed by atoms with Crippen molar-refractivity contribution in [3.63, 3.8) is 0 Å². The number of hydrogen-bond donors (Lipinski definition) is 1. The van der Waals surface area contributed by atoms with Gasteiger partial charge in [0.2, 0.25) is 5.95 Å². The summed E-state index contributed by atoms with van der Waals surface area (Å²) < 4.78 is 35.8. The molecule has 0 radical (unpaired) electrons. The van der Waals surface area contributed by atoms with Crippen molar-refractivity contribution in [2.75, 3.05) is 43.6 Å². The molecule has 0 aliphatic rings. The Morgan fingerprint density at radius 3 is 2.28 bits per heavy atom. The molecule has 11 nitrogen and oxygen atoms in total. The highest BCUT2D eigenvalue weighted by Crippen LogP contribution is 2.24. The Labute approximate surface area is 254 Å². The number of sulfonamides is 1. The number of carbonyl (C=O) groups excluding carboxylic acids is 1. The van der Waals surface area contributed by atoms with Crippen LogP contribution in [-0.4, -0.2) is 81.0 Å². The molecule has 0 bridgehead atoms. The summed E-state index contributed by atoms with van der Waals surface area (Å²) in [7, 11) is -1.49. The molecule has 4 rings (SSSR count). The number of aromatic nitrogens is 4. The smallest absolute Gasteiger partial charge is 0.273 e. The Bertz CT molecular complexity index is 1590. The van der Waals surface area contributed by atoms with E-state index in [9.17, 15) is 13.2 Å². The molecule has 1 amide bonds. The van der Waals surface area contributed by atoms with Crippen LogP contribution in [0.15, 0.2) is 84.0 Å². The van der Waals surface area contributed by atoms with Crippen LogP contribution in [0.3, 0.4) is 0 Å². The van der Waals surface area contributed by atoms with Crippen LogP contribution in [0.2, 0.25) is 25.7 Å². The van der Waals surface area contributed by atoms with Crippen molar-refractivity contribution in [1.29, 1.82) is 0 Å². The summed E-state index contributed by atoms with van der Waals surface area (Å²) in [4.78, 5) is 23.7. The molecule has 0 atom stereocenters. The van der Waals surface area contributed by atoms with Crippen molar-refractivity contribution in [3.05, 3.63) is 84.8 Å². The van der Waals surface area contributed by atoms with Gasteiger partial charge in [-0.25, -0.2) is 22.7 Å². The van der Waals surface area contributed by atoms with Crippen LogP contribution in [0.4, 0.5) is 11.6 Å². The van der Waals surface area contributed by atoms with Crippen molar-refractivity contribution >= 4 is 35.6 Å². The largest absolute Gasteiger partial charge is 0.360 e. The number of likely N-dealkylation sites (N-methyl/N-ethyl adjacent to an activating group) is 1. The Kier molecular flexibility index (Phi) is 10.5. The summed E-state index contributed by atoms with van der Waals surface area (Å²) in [5, 5.41) is 7.56. The zero-order valence-electron chi connectivity index (χ0n) is 25.3. The zero-order valence-corrected chi connectivity index (χ0v) is 27.1.